The van der Waals surface area contributed by atoms with Crippen LogP contribution in [0, 0.1) is 11.6 Å². The van der Waals surface area contributed by atoms with Crippen LogP contribution in [0.15, 0.2) is 57.7 Å². The lowest BCUT2D eigenvalue weighted by Gasteiger charge is -2.36. The zero-order chi connectivity index (χ0) is 38.0. The van der Waals surface area contributed by atoms with E-state index in [-0.39, 0.29) is 35.4 Å². The molecule has 2 aromatic heterocycles. The van der Waals surface area contributed by atoms with Crippen LogP contribution in [0.4, 0.5) is 8.78 Å². The van der Waals surface area contributed by atoms with Gasteiger partial charge in [0.05, 0.1) is 68.9 Å². The maximum atomic E-state index is 14.8. The molecule has 0 atom stereocenters. The number of benzene rings is 2. The van der Waals surface area contributed by atoms with Crippen molar-refractivity contribution in [1.29, 1.82) is 0 Å². The summed E-state index contributed by atoms with van der Waals surface area (Å²) in [6.07, 6.45) is 8.68. The van der Waals surface area contributed by atoms with Gasteiger partial charge in [-0.1, -0.05) is 31.9 Å². The molecule has 4 fully saturated rings. The maximum Gasteiger partial charge on any atom is 0.341 e. The van der Waals surface area contributed by atoms with Crippen LogP contribution in [0.25, 0.3) is 22.5 Å². The van der Waals surface area contributed by atoms with Crippen LogP contribution in [-0.2, 0) is 23.7 Å². The third-order valence-corrected chi connectivity index (χ3v) is 11.4. The minimum atomic E-state index is -1.12. The highest BCUT2D eigenvalue weighted by Gasteiger charge is 2.43. The summed E-state index contributed by atoms with van der Waals surface area (Å²) in [7, 11) is 0. The Kier molecular flexibility index (Phi) is 11.7. The fraction of sp³-hybridized carbons (Fsp3) is 0.474. The SMILES string of the molecule is CCOC(=O)c1cnn(C2CCC3(CC2)OCCO3)c1-c1ccc(Br)cc1F.O=C(O)c1cnn(C2CCC3(CC2)OCCO3)c1-c1ccc(Br)cc1F. The molecule has 288 valence electrons. The van der Waals surface area contributed by atoms with E-state index in [2.05, 4.69) is 42.1 Å². The number of carboxylic acid groups (broad SMARTS) is 1. The van der Waals surface area contributed by atoms with Gasteiger partial charge in [0.2, 0.25) is 0 Å². The molecule has 2 aromatic carbocycles. The van der Waals surface area contributed by atoms with E-state index < -0.39 is 35.1 Å². The number of aromatic nitrogens is 4. The number of carboxylic acids is 1. The summed E-state index contributed by atoms with van der Waals surface area (Å²) < 4.78 is 62.2. The van der Waals surface area contributed by atoms with Crippen molar-refractivity contribution in [3.05, 3.63) is 80.5 Å². The van der Waals surface area contributed by atoms with Gasteiger partial charge in [-0.3, -0.25) is 9.36 Å². The van der Waals surface area contributed by atoms with E-state index in [4.69, 9.17) is 23.7 Å². The molecule has 4 aliphatic rings. The number of ether oxygens (including phenoxy) is 5. The lowest BCUT2D eigenvalue weighted by molar-refractivity contribution is -0.182. The fourth-order valence-corrected chi connectivity index (χ4v) is 8.50. The first-order valence-electron chi connectivity index (χ1n) is 18.0. The van der Waals surface area contributed by atoms with Crippen molar-refractivity contribution in [2.24, 2.45) is 0 Å². The van der Waals surface area contributed by atoms with Gasteiger partial charge < -0.3 is 28.8 Å². The molecular weight excluding hydrogens is 838 g/mol. The van der Waals surface area contributed by atoms with Gasteiger partial charge in [-0.25, -0.2) is 18.4 Å². The summed E-state index contributed by atoms with van der Waals surface area (Å²) >= 11 is 6.51. The van der Waals surface area contributed by atoms with Crippen LogP contribution in [0.5, 0.6) is 0 Å². The van der Waals surface area contributed by atoms with Gasteiger partial charge in [0, 0.05) is 45.8 Å². The third-order valence-electron chi connectivity index (χ3n) is 10.4. The topological polar surface area (TPSA) is 136 Å². The monoisotopic (exact) mass is 876 g/mol. The molecule has 2 saturated heterocycles. The quantitative estimate of drug-likeness (QED) is 0.180. The number of esters is 1. The van der Waals surface area contributed by atoms with Crippen molar-refractivity contribution in [2.75, 3.05) is 33.0 Å². The summed E-state index contributed by atoms with van der Waals surface area (Å²) in [6.45, 7) is 4.43. The highest BCUT2D eigenvalue weighted by molar-refractivity contribution is 9.10. The van der Waals surface area contributed by atoms with Crippen molar-refractivity contribution in [2.45, 2.75) is 81.9 Å². The lowest BCUT2D eigenvalue weighted by Crippen LogP contribution is -2.36. The van der Waals surface area contributed by atoms with Crippen molar-refractivity contribution < 1.29 is 47.2 Å². The van der Waals surface area contributed by atoms with Crippen molar-refractivity contribution >= 4 is 43.8 Å². The highest BCUT2D eigenvalue weighted by atomic mass is 79.9. The van der Waals surface area contributed by atoms with Gasteiger partial charge in [-0.2, -0.15) is 10.2 Å². The van der Waals surface area contributed by atoms with E-state index in [1.807, 2.05) is 0 Å². The Morgan fingerprint density at radius 3 is 1.56 bits per heavy atom. The Hall–Kier alpha value is -3.54. The summed E-state index contributed by atoms with van der Waals surface area (Å²) in [5, 5.41) is 18.3. The molecule has 12 nitrogen and oxygen atoms in total. The van der Waals surface area contributed by atoms with Crippen LogP contribution in [-0.4, -0.2) is 81.2 Å². The average Bonchev–Trinajstić information content (AvgIpc) is 3.98. The molecule has 2 aliphatic heterocycles. The van der Waals surface area contributed by atoms with Crippen LogP contribution < -0.4 is 0 Å². The van der Waals surface area contributed by atoms with E-state index in [0.29, 0.717) is 65.2 Å². The number of hydrogen-bond donors (Lipinski definition) is 1. The Morgan fingerprint density at radius 1 is 0.759 bits per heavy atom. The first kappa shape index (κ1) is 38.7. The van der Waals surface area contributed by atoms with Crippen molar-refractivity contribution in [3.63, 3.8) is 0 Å². The molecule has 8 rings (SSSR count). The number of aromatic carboxylic acids is 1. The molecule has 4 aromatic rings. The second kappa shape index (κ2) is 16.3. The summed E-state index contributed by atoms with van der Waals surface area (Å²) in [5.41, 5.74) is 1.60. The molecule has 0 bridgehead atoms. The van der Waals surface area contributed by atoms with E-state index in [9.17, 15) is 23.5 Å². The van der Waals surface area contributed by atoms with Crippen LogP contribution >= 0.6 is 31.9 Å². The first-order valence-corrected chi connectivity index (χ1v) is 19.6. The van der Waals surface area contributed by atoms with Crippen molar-refractivity contribution in [1.82, 2.24) is 19.6 Å². The van der Waals surface area contributed by atoms with Gasteiger partial charge >= 0.3 is 11.9 Å². The van der Waals surface area contributed by atoms with Crippen LogP contribution in [0.2, 0.25) is 0 Å². The first-order chi connectivity index (χ1) is 26.0. The predicted molar refractivity (Wildman–Crippen MR) is 198 cm³/mol. The fourth-order valence-electron chi connectivity index (χ4n) is 7.84. The Bertz CT molecular complexity index is 1990. The Labute approximate surface area is 327 Å². The number of rotatable bonds is 7. The molecule has 1 N–H and O–H groups in total. The van der Waals surface area contributed by atoms with Crippen molar-refractivity contribution in [3.8, 4) is 22.5 Å². The molecule has 4 heterocycles. The predicted octanol–water partition coefficient (Wildman–Crippen LogP) is 8.49. The number of carbonyl (C=O) groups excluding carboxylic acids is 1. The zero-order valence-corrected chi connectivity index (χ0v) is 32.7. The summed E-state index contributed by atoms with van der Waals surface area (Å²) in [4.78, 5) is 24.1. The van der Waals surface area contributed by atoms with Gasteiger partial charge in [-0.15, -0.1) is 0 Å². The van der Waals surface area contributed by atoms with E-state index in [1.54, 1.807) is 40.6 Å². The molecule has 54 heavy (non-hydrogen) atoms. The largest absolute Gasteiger partial charge is 0.478 e. The number of hydrogen-bond acceptors (Lipinski definition) is 9. The molecule has 0 radical (unpaired) electrons. The number of halogens is 4. The molecular formula is C38H40Br2F2N4O8. The number of nitrogens with zero attached hydrogens (tertiary/aromatic N) is 4. The second-order valence-electron chi connectivity index (χ2n) is 13.7. The number of carbonyl (C=O) groups is 2. The molecule has 2 saturated carbocycles. The normalized spacial score (nSPS) is 20.6. The lowest BCUT2D eigenvalue weighted by atomic mass is 9.89. The standard InChI is InChI=1S/C20H22BrFN2O4.C18H18BrFN2O4/c1-2-26-19(25)16-12-23-24(18(16)15-4-3-13(21)11-17(15)22)14-5-7-20(8-6-14)27-9-10-28-20;19-11-1-2-13(15(20)9-11)16-14(17(23)24)10-21-22(16)12-3-5-18(6-4-12)25-7-8-26-18/h3-4,11-12,14H,2,5-10H2,1H3;1-2,9-10,12H,3-8H2,(H,23,24). The van der Waals surface area contributed by atoms with Gasteiger partial charge in [0.1, 0.15) is 22.8 Å². The minimum absolute atomic E-state index is 0.000115. The Balaban J connectivity index is 0.000000167. The average molecular weight is 879 g/mol. The Morgan fingerprint density at radius 2 is 1.17 bits per heavy atom. The molecule has 2 spiro atoms. The summed E-state index contributed by atoms with van der Waals surface area (Å²) in [6, 6.07) is 9.39. The van der Waals surface area contributed by atoms with Crippen LogP contribution in [0.1, 0.15) is 91.1 Å². The maximum absolute atomic E-state index is 14.8. The molecule has 0 amide bonds. The van der Waals surface area contributed by atoms with Gasteiger partial charge in [-0.05, 0) is 69.0 Å². The molecule has 2 aliphatic carbocycles. The van der Waals surface area contributed by atoms with Crippen LogP contribution in [0.3, 0.4) is 0 Å². The minimum Gasteiger partial charge on any atom is -0.478 e. The smallest absolute Gasteiger partial charge is 0.341 e. The highest BCUT2D eigenvalue weighted by Crippen LogP contribution is 2.44. The van der Waals surface area contributed by atoms with E-state index in [0.717, 1.165) is 38.5 Å². The molecule has 0 unspecified atom stereocenters. The second-order valence-corrected chi connectivity index (χ2v) is 15.5. The van der Waals surface area contributed by atoms with Gasteiger partial charge in [0.15, 0.2) is 11.6 Å². The third kappa shape index (κ3) is 7.91. The summed E-state index contributed by atoms with van der Waals surface area (Å²) in [5.74, 6) is -3.53. The molecule has 16 heteroatoms. The van der Waals surface area contributed by atoms with E-state index in [1.165, 1.54) is 24.5 Å². The van der Waals surface area contributed by atoms with Gasteiger partial charge in [0.25, 0.3) is 0 Å². The van der Waals surface area contributed by atoms with E-state index >= 15 is 0 Å². The zero-order valence-electron chi connectivity index (χ0n) is 29.6.